The summed E-state index contributed by atoms with van der Waals surface area (Å²) < 4.78 is 2.17. The van der Waals surface area contributed by atoms with Crippen LogP contribution in [0.15, 0.2) is 35.6 Å². The highest BCUT2D eigenvalue weighted by molar-refractivity contribution is 8.00. The molecule has 3 aromatic rings. The summed E-state index contributed by atoms with van der Waals surface area (Å²) in [5, 5.41) is 14.4. The Kier molecular flexibility index (Phi) is 5.54. The minimum Gasteiger partial charge on any atom is -0.327 e. The standard InChI is InChI=1S/C22H23N5OS/c1-14-15(2)27(16-7-3-4-8-16)21(18(14)11-23)26-20(28)12-29-22-17-9-5-6-10-19(17)24-13-25-22/h5-6,9-10,13,16H,3-4,7-8,12H2,1-2H3,(H,26,28). The van der Waals surface area contributed by atoms with Crippen LogP contribution in [0.5, 0.6) is 0 Å². The van der Waals surface area contributed by atoms with Gasteiger partial charge < -0.3 is 9.88 Å². The number of nitrogens with one attached hydrogen (secondary N) is 1. The van der Waals surface area contributed by atoms with Crippen molar-refractivity contribution in [3.8, 4) is 6.07 Å². The quantitative estimate of drug-likeness (QED) is 0.488. The van der Waals surface area contributed by atoms with E-state index in [9.17, 15) is 10.1 Å². The van der Waals surface area contributed by atoms with Crippen LogP contribution in [0.25, 0.3) is 10.9 Å². The average Bonchev–Trinajstić information content (AvgIpc) is 3.33. The second-order valence-electron chi connectivity index (χ2n) is 7.39. The van der Waals surface area contributed by atoms with Crippen molar-refractivity contribution in [3.63, 3.8) is 0 Å². The van der Waals surface area contributed by atoms with E-state index in [0.717, 1.165) is 40.0 Å². The highest BCUT2D eigenvalue weighted by Gasteiger charge is 2.26. The van der Waals surface area contributed by atoms with E-state index in [1.165, 1.54) is 30.9 Å². The average molecular weight is 406 g/mol. The lowest BCUT2D eigenvalue weighted by atomic mass is 10.2. The van der Waals surface area contributed by atoms with Crippen LogP contribution in [-0.2, 0) is 4.79 Å². The van der Waals surface area contributed by atoms with Crippen molar-refractivity contribution in [3.05, 3.63) is 47.4 Å². The fourth-order valence-corrected chi connectivity index (χ4v) is 4.89. The Morgan fingerprint density at radius 2 is 2.03 bits per heavy atom. The molecule has 1 aliphatic rings. The molecular weight excluding hydrogens is 382 g/mol. The summed E-state index contributed by atoms with van der Waals surface area (Å²) in [6.45, 7) is 3.99. The minimum atomic E-state index is -0.133. The van der Waals surface area contributed by atoms with E-state index in [4.69, 9.17) is 0 Å². The van der Waals surface area contributed by atoms with E-state index in [0.29, 0.717) is 17.4 Å². The predicted molar refractivity (Wildman–Crippen MR) is 115 cm³/mol. The predicted octanol–water partition coefficient (Wildman–Crippen LogP) is 4.77. The molecule has 148 valence electrons. The summed E-state index contributed by atoms with van der Waals surface area (Å²) in [7, 11) is 0. The first-order chi connectivity index (χ1) is 14.1. The lowest BCUT2D eigenvalue weighted by Gasteiger charge is -2.19. The molecule has 4 rings (SSSR count). The molecule has 2 aromatic heterocycles. The van der Waals surface area contributed by atoms with Gasteiger partial charge in [-0.15, -0.1) is 0 Å². The number of carbonyl (C=O) groups excluding carboxylic acids is 1. The van der Waals surface area contributed by atoms with Gasteiger partial charge in [0.25, 0.3) is 0 Å². The van der Waals surface area contributed by atoms with Crippen LogP contribution in [0.1, 0.15) is 48.5 Å². The van der Waals surface area contributed by atoms with Gasteiger partial charge in [0.2, 0.25) is 5.91 Å². The van der Waals surface area contributed by atoms with Crippen LogP contribution in [0.2, 0.25) is 0 Å². The largest absolute Gasteiger partial charge is 0.327 e. The van der Waals surface area contributed by atoms with Crippen LogP contribution in [0.3, 0.4) is 0 Å². The second kappa shape index (κ2) is 8.26. The van der Waals surface area contributed by atoms with Crippen LogP contribution in [0.4, 0.5) is 5.82 Å². The minimum absolute atomic E-state index is 0.133. The van der Waals surface area contributed by atoms with Gasteiger partial charge in [0.15, 0.2) is 0 Å². The summed E-state index contributed by atoms with van der Waals surface area (Å²) in [5.74, 6) is 0.735. The van der Waals surface area contributed by atoms with Crippen LogP contribution in [0, 0.1) is 25.2 Å². The van der Waals surface area contributed by atoms with Gasteiger partial charge in [-0.05, 0) is 38.3 Å². The SMILES string of the molecule is Cc1c(C#N)c(NC(=O)CSc2ncnc3ccccc23)n(C2CCCC2)c1C. The second-order valence-corrected chi connectivity index (χ2v) is 8.35. The van der Waals surface area contributed by atoms with Gasteiger partial charge in [-0.25, -0.2) is 9.97 Å². The molecule has 0 aliphatic heterocycles. The van der Waals surface area contributed by atoms with E-state index < -0.39 is 0 Å². The molecule has 1 amide bonds. The molecule has 0 spiro atoms. The zero-order valence-corrected chi connectivity index (χ0v) is 17.4. The van der Waals surface area contributed by atoms with Crippen LogP contribution < -0.4 is 5.32 Å². The molecule has 1 saturated carbocycles. The molecule has 0 radical (unpaired) electrons. The van der Waals surface area contributed by atoms with E-state index in [1.807, 2.05) is 38.1 Å². The fourth-order valence-electron chi connectivity index (χ4n) is 4.10. The summed E-state index contributed by atoms with van der Waals surface area (Å²) >= 11 is 1.38. The number of carbonyl (C=O) groups is 1. The number of benzene rings is 1. The normalized spacial score (nSPS) is 14.2. The van der Waals surface area contributed by atoms with Gasteiger partial charge in [-0.2, -0.15) is 5.26 Å². The molecule has 0 unspecified atom stereocenters. The Labute approximate surface area is 174 Å². The number of hydrogen-bond donors (Lipinski definition) is 1. The van der Waals surface area contributed by atoms with Crippen molar-refractivity contribution < 1.29 is 4.79 Å². The first-order valence-electron chi connectivity index (χ1n) is 9.84. The third-order valence-corrected chi connectivity index (χ3v) is 6.67. The molecule has 1 aromatic carbocycles. The molecular formula is C22H23N5OS. The number of anilines is 1. The van der Waals surface area contributed by atoms with Crippen molar-refractivity contribution >= 4 is 34.4 Å². The Bertz CT molecular complexity index is 1100. The Hall–Kier alpha value is -2.85. The number of hydrogen-bond acceptors (Lipinski definition) is 5. The Morgan fingerprint density at radius 3 is 2.79 bits per heavy atom. The molecule has 0 atom stereocenters. The summed E-state index contributed by atoms with van der Waals surface area (Å²) in [6, 6.07) is 10.4. The third kappa shape index (κ3) is 3.73. The number of thioether (sulfide) groups is 1. The van der Waals surface area contributed by atoms with E-state index >= 15 is 0 Å². The lowest BCUT2D eigenvalue weighted by molar-refractivity contribution is -0.113. The Balaban J connectivity index is 1.55. The number of amides is 1. The molecule has 29 heavy (non-hydrogen) atoms. The number of aromatic nitrogens is 3. The summed E-state index contributed by atoms with van der Waals surface area (Å²) in [6.07, 6.45) is 6.07. The van der Waals surface area contributed by atoms with Gasteiger partial charge in [0.05, 0.1) is 16.8 Å². The van der Waals surface area contributed by atoms with Gasteiger partial charge in [0.1, 0.15) is 23.2 Å². The molecule has 1 N–H and O–H groups in total. The number of fused-ring (bicyclic) bond motifs is 1. The number of nitriles is 1. The first-order valence-corrected chi connectivity index (χ1v) is 10.8. The van der Waals surface area contributed by atoms with Crippen molar-refractivity contribution in [2.75, 3.05) is 11.1 Å². The summed E-state index contributed by atoms with van der Waals surface area (Å²) in [4.78, 5) is 21.4. The van der Waals surface area contributed by atoms with E-state index in [2.05, 4.69) is 25.9 Å². The van der Waals surface area contributed by atoms with E-state index in [-0.39, 0.29) is 11.7 Å². The van der Waals surface area contributed by atoms with Gasteiger partial charge in [-0.1, -0.05) is 42.8 Å². The van der Waals surface area contributed by atoms with Crippen LogP contribution in [-0.4, -0.2) is 26.2 Å². The topological polar surface area (TPSA) is 83.6 Å². The number of nitrogens with zero attached hydrogens (tertiary/aromatic N) is 4. The molecule has 2 heterocycles. The molecule has 0 saturated heterocycles. The van der Waals surface area contributed by atoms with Gasteiger partial charge in [-0.3, -0.25) is 4.79 Å². The van der Waals surface area contributed by atoms with Crippen molar-refractivity contribution in [1.29, 1.82) is 5.26 Å². The lowest BCUT2D eigenvalue weighted by Crippen LogP contribution is -2.19. The molecule has 1 aliphatic carbocycles. The molecule has 7 heteroatoms. The highest BCUT2D eigenvalue weighted by Crippen LogP contribution is 2.37. The Morgan fingerprint density at radius 1 is 1.28 bits per heavy atom. The first kappa shape index (κ1) is 19.5. The van der Waals surface area contributed by atoms with Crippen LogP contribution >= 0.6 is 11.8 Å². The fraction of sp³-hybridized carbons (Fsp3) is 0.364. The molecule has 6 nitrogen and oxygen atoms in total. The monoisotopic (exact) mass is 405 g/mol. The smallest absolute Gasteiger partial charge is 0.235 e. The van der Waals surface area contributed by atoms with Crippen molar-refractivity contribution in [2.45, 2.75) is 50.6 Å². The van der Waals surface area contributed by atoms with Crippen molar-refractivity contribution in [1.82, 2.24) is 14.5 Å². The highest BCUT2D eigenvalue weighted by atomic mass is 32.2. The zero-order valence-electron chi connectivity index (χ0n) is 16.6. The molecule has 1 fully saturated rings. The van der Waals surface area contributed by atoms with E-state index in [1.54, 1.807) is 0 Å². The maximum Gasteiger partial charge on any atom is 0.235 e. The maximum absolute atomic E-state index is 12.8. The third-order valence-electron chi connectivity index (χ3n) is 5.66. The zero-order chi connectivity index (χ0) is 20.4. The number of rotatable bonds is 5. The number of para-hydroxylation sites is 1. The molecule has 0 bridgehead atoms. The van der Waals surface area contributed by atoms with Gasteiger partial charge >= 0.3 is 0 Å². The van der Waals surface area contributed by atoms with Gasteiger partial charge in [0, 0.05) is 17.1 Å². The van der Waals surface area contributed by atoms with Crippen molar-refractivity contribution in [2.24, 2.45) is 0 Å². The summed E-state index contributed by atoms with van der Waals surface area (Å²) in [5.41, 5.74) is 3.45. The maximum atomic E-state index is 12.8.